The third-order valence-electron chi connectivity index (χ3n) is 4.09. The van der Waals surface area contributed by atoms with Crippen molar-refractivity contribution in [3.05, 3.63) is 35.9 Å². The number of carbonyl (C=O) groups excluding carboxylic acids is 2. The largest absolute Gasteiger partial charge is 0.339 e. The van der Waals surface area contributed by atoms with E-state index in [-0.39, 0.29) is 24.1 Å². The number of hydrogen-bond acceptors (Lipinski definition) is 4. The molecular formula is C18H27ClN2O2S. The third-order valence-corrected chi connectivity index (χ3v) is 5.01. The molecule has 1 aromatic carbocycles. The Kier molecular flexibility index (Phi) is 10.1. The van der Waals surface area contributed by atoms with Gasteiger partial charge in [-0.25, -0.2) is 0 Å². The summed E-state index contributed by atoms with van der Waals surface area (Å²) in [5, 5.41) is 3.34. The van der Waals surface area contributed by atoms with Gasteiger partial charge in [0.1, 0.15) is 0 Å². The van der Waals surface area contributed by atoms with Crippen molar-refractivity contribution in [2.24, 2.45) is 0 Å². The first-order valence-corrected chi connectivity index (χ1v) is 9.54. The number of rotatable bonds is 8. The maximum absolute atomic E-state index is 12.5. The summed E-state index contributed by atoms with van der Waals surface area (Å²) in [4.78, 5) is 26.6. The van der Waals surface area contributed by atoms with E-state index in [9.17, 15) is 9.59 Å². The summed E-state index contributed by atoms with van der Waals surface area (Å²) in [6.07, 6.45) is 3.03. The summed E-state index contributed by atoms with van der Waals surface area (Å²) in [7, 11) is 0. The van der Waals surface area contributed by atoms with Gasteiger partial charge in [0.25, 0.3) is 0 Å². The first kappa shape index (κ1) is 21.0. The van der Waals surface area contributed by atoms with Gasteiger partial charge in [-0.15, -0.1) is 24.2 Å². The third kappa shape index (κ3) is 6.46. The number of nitrogens with zero attached hydrogens (tertiary/aromatic N) is 1. The van der Waals surface area contributed by atoms with Gasteiger partial charge in [0.15, 0.2) is 5.78 Å². The van der Waals surface area contributed by atoms with Crippen molar-refractivity contribution in [2.75, 3.05) is 31.1 Å². The molecule has 0 unspecified atom stereocenters. The van der Waals surface area contributed by atoms with Crippen molar-refractivity contribution in [1.82, 2.24) is 10.2 Å². The van der Waals surface area contributed by atoms with Gasteiger partial charge in [-0.2, -0.15) is 0 Å². The van der Waals surface area contributed by atoms with Crippen LogP contribution < -0.4 is 5.32 Å². The maximum Gasteiger partial charge on any atom is 0.232 e. The van der Waals surface area contributed by atoms with Crippen LogP contribution in [0.3, 0.4) is 0 Å². The molecular weight excluding hydrogens is 344 g/mol. The molecule has 1 aromatic rings. The predicted molar refractivity (Wildman–Crippen MR) is 103 cm³/mol. The lowest BCUT2D eigenvalue weighted by Gasteiger charge is -2.34. The van der Waals surface area contributed by atoms with Gasteiger partial charge < -0.3 is 10.2 Å². The molecule has 1 aliphatic heterocycles. The van der Waals surface area contributed by atoms with Crippen molar-refractivity contribution < 1.29 is 9.59 Å². The second-order valence-corrected chi connectivity index (χ2v) is 6.84. The molecule has 0 aliphatic carbocycles. The molecule has 0 radical (unpaired) electrons. The molecule has 0 atom stereocenters. The van der Waals surface area contributed by atoms with E-state index in [0.717, 1.165) is 44.5 Å². The molecule has 0 spiro atoms. The molecule has 1 fully saturated rings. The van der Waals surface area contributed by atoms with E-state index >= 15 is 0 Å². The molecule has 24 heavy (non-hydrogen) atoms. The van der Waals surface area contributed by atoms with Crippen LogP contribution in [-0.2, 0) is 4.79 Å². The molecule has 0 bridgehead atoms. The second-order valence-electron chi connectivity index (χ2n) is 5.85. The molecule has 134 valence electrons. The Morgan fingerprint density at radius 1 is 1.17 bits per heavy atom. The monoisotopic (exact) mass is 370 g/mol. The van der Waals surface area contributed by atoms with E-state index in [4.69, 9.17) is 0 Å². The van der Waals surface area contributed by atoms with Crippen LogP contribution in [-0.4, -0.2) is 53.8 Å². The van der Waals surface area contributed by atoms with Crippen LogP contribution in [0.25, 0.3) is 0 Å². The summed E-state index contributed by atoms with van der Waals surface area (Å²) in [6, 6.07) is 9.63. The number of piperidine rings is 1. The van der Waals surface area contributed by atoms with Crippen molar-refractivity contribution in [3.8, 4) is 0 Å². The number of benzene rings is 1. The smallest absolute Gasteiger partial charge is 0.232 e. The number of hydrogen-bond donors (Lipinski definition) is 1. The molecule has 1 aliphatic rings. The first-order chi connectivity index (χ1) is 11.2. The van der Waals surface area contributed by atoms with Crippen LogP contribution in [0.2, 0.25) is 0 Å². The Balaban J connectivity index is 0.00000288. The van der Waals surface area contributed by atoms with E-state index in [1.54, 1.807) is 0 Å². The van der Waals surface area contributed by atoms with Gasteiger partial charge >= 0.3 is 0 Å². The summed E-state index contributed by atoms with van der Waals surface area (Å²) in [5.41, 5.74) is 0.719. The highest BCUT2D eigenvalue weighted by molar-refractivity contribution is 8.00. The normalized spacial score (nSPS) is 14.7. The fraction of sp³-hybridized carbons (Fsp3) is 0.556. The van der Waals surface area contributed by atoms with E-state index in [1.807, 2.05) is 35.2 Å². The molecule has 2 rings (SSSR count). The van der Waals surface area contributed by atoms with Gasteiger partial charge in [-0.1, -0.05) is 37.3 Å². The van der Waals surface area contributed by atoms with E-state index in [1.165, 1.54) is 11.8 Å². The molecule has 0 aromatic heterocycles. The summed E-state index contributed by atoms with van der Waals surface area (Å²) in [5.74, 6) is 1.02. The Hall–Kier alpha value is -1.04. The Bertz CT molecular complexity index is 507. The molecule has 1 saturated heterocycles. The van der Waals surface area contributed by atoms with Gasteiger partial charge in [-0.3, -0.25) is 9.59 Å². The van der Waals surface area contributed by atoms with Gasteiger partial charge in [0, 0.05) is 18.2 Å². The zero-order valence-corrected chi connectivity index (χ0v) is 15.8. The Labute approximate surface area is 155 Å². The van der Waals surface area contributed by atoms with Crippen LogP contribution >= 0.6 is 24.2 Å². The van der Waals surface area contributed by atoms with Crippen LogP contribution in [0.4, 0.5) is 0 Å². The quantitative estimate of drug-likeness (QED) is 0.714. The van der Waals surface area contributed by atoms with E-state index in [0.29, 0.717) is 17.5 Å². The van der Waals surface area contributed by atoms with Crippen molar-refractivity contribution >= 4 is 35.9 Å². The fourth-order valence-corrected chi connectivity index (χ4v) is 3.69. The summed E-state index contributed by atoms with van der Waals surface area (Å²) < 4.78 is 0. The average Bonchev–Trinajstić information content (AvgIpc) is 2.61. The molecule has 4 nitrogen and oxygen atoms in total. The number of thioether (sulfide) groups is 1. The highest BCUT2D eigenvalue weighted by Gasteiger charge is 2.24. The summed E-state index contributed by atoms with van der Waals surface area (Å²) >= 11 is 1.43. The molecule has 1 N–H and O–H groups in total. The number of carbonyl (C=O) groups is 2. The highest BCUT2D eigenvalue weighted by atomic mass is 35.5. The Morgan fingerprint density at radius 2 is 1.83 bits per heavy atom. The van der Waals surface area contributed by atoms with Crippen molar-refractivity contribution in [2.45, 2.75) is 32.2 Å². The number of ketones is 1. The number of halogens is 1. The van der Waals surface area contributed by atoms with Gasteiger partial charge in [0.05, 0.1) is 11.5 Å². The van der Waals surface area contributed by atoms with Gasteiger partial charge in [-0.05, 0) is 32.4 Å². The number of amides is 1. The first-order valence-electron chi connectivity index (χ1n) is 8.38. The Morgan fingerprint density at radius 3 is 2.46 bits per heavy atom. The van der Waals surface area contributed by atoms with Crippen molar-refractivity contribution in [3.63, 3.8) is 0 Å². The second kappa shape index (κ2) is 11.5. The van der Waals surface area contributed by atoms with E-state index < -0.39 is 0 Å². The van der Waals surface area contributed by atoms with Crippen molar-refractivity contribution in [1.29, 1.82) is 0 Å². The zero-order valence-electron chi connectivity index (χ0n) is 14.2. The minimum absolute atomic E-state index is 0. The SMILES string of the molecule is CCCN(C(=O)CSCC(=O)c1ccccc1)C1CCNCC1.Cl. The molecule has 1 heterocycles. The average molecular weight is 371 g/mol. The van der Waals surface area contributed by atoms with Crippen LogP contribution in [0, 0.1) is 0 Å². The molecule has 0 saturated carbocycles. The van der Waals surface area contributed by atoms with E-state index in [2.05, 4.69) is 12.2 Å². The minimum atomic E-state index is 0. The predicted octanol–water partition coefficient (Wildman–Crippen LogP) is 3.01. The fourth-order valence-electron chi connectivity index (χ4n) is 2.89. The number of Topliss-reactive ketones (excluding diaryl/α,β-unsaturated/α-hetero) is 1. The van der Waals surface area contributed by atoms with Crippen LogP contribution in [0.1, 0.15) is 36.5 Å². The molecule has 1 amide bonds. The minimum Gasteiger partial charge on any atom is -0.339 e. The lowest BCUT2D eigenvalue weighted by atomic mass is 10.0. The topological polar surface area (TPSA) is 49.4 Å². The lowest BCUT2D eigenvalue weighted by Crippen LogP contribution is -2.47. The standard InChI is InChI=1S/C18H26N2O2S.ClH/c1-2-12-20(16-8-10-19-11-9-16)18(22)14-23-13-17(21)15-6-4-3-5-7-15;/h3-7,16,19H,2,8-14H2,1H3;1H. The van der Waals surface area contributed by atoms with Crippen LogP contribution in [0.5, 0.6) is 0 Å². The van der Waals surface area contributed by atoms with Gasteiger partial charge in [0.2, 0.25) is 5.91 Å². The van der Waals surface area contributed by atoms with Crippen LogP contribution in [0.15, 0.2) is 30.3 Å². The zero-order chi connectivity index (χ0) is 16.5. The molecule has 6 heteroatoms. The number of nitrogens with one attached hydrogen (secondary N) is 1. The maximum atomic E-state index is 12.5. The highest BCUT2D eigenvalue weighted by Crippen LogP contribution is 2.15. The summed E-state index contributed by atoms with van der Waals surface area (Å²) in [6.45, 7) is 4.89. The lowest BCUT2D eigenvalue weighted by molar-refractivity contribution is -0.131.